The summed E-state index contributed by atoms with van der Waals surface area (Å²) in [5.74, 6) is -0.553. The molecule has 1 aromatic rings. The van der Waals surface area contributed by atoms with E-state index in [4.69, 9.17) is 14.9 Å². The quantitative estimate of drug-likeness (QED) is 0.633. The van der Waals surface area contributed by atoms with Crippen molar-refractivity contribution < 1.29 is 24.9 Å². The minimum Gasteiger partial charge on any atom is -0.458 e. The number of thiophene rings is 1. The summed E-state index contributed by atoms with van der Waals surface area (Å²) in [6.45, 7) is 0.296. The van der Waals surface area contributed by atoms with Gasteiger partial charge < -0.3 is 20.1 Å². The van der Waals surface area contributed by atoms with Gasteiger partial charge in [0.25, 0.3) is 0 Å². The van der Waals surface area contributed by atoms with Crippen molar-refractivity contribution in [3.8, 4) is 0 Å². The summed E-state index contributed by atoms with van der Waals surface area (Å²) in [6.07, 6.45) is 1.92. The van der Waals surface area contributed by atoms with E-state index in [-0.39, 0.29) is 0 Å². The lowest BCUT2D eigenvalue weighted by atomic mass is 10.1. The summed E-state index contributed by atoms with van der Waals surface area (Å²) >= 11 is 1.35. The first-order chi connectivity index (χ1) is 8.54. The van der Waals surface area contributed by atoms with Crippen LogP contribution in [0.1, 0.15) is 27.9 Å². The molecule has 0 saturated heterocycles. The van der Waals surface area contributed by atoms with Crippen LogP contribution in [0.4, 0.5) is 0 Å². The van der Waals surface area contributed by atoms with Crippen LogP contribution >= 0.6 is 11.3 Å². The molecule has 0 radical (unpaired) electrons. The van der Waals surface area contributed by atoms with Crippen molar-refractivity contribution >= 4 is 17.3 Å². The third kappa shape index (κ3) is 4.06. The fourth-order valence-corrected chi connectivity index (χ4v) is 2.28. The number of hydrogen-bond donors (Lipinski definition) is 3. The van der Waals surface area contributed by atoms with Crippen molar-refractivity contribution in [2.24, 2.45) is 0 Å². The largest absolute Gasteiger partial charge is 0.458 e. The molecule has 0 fully saturated rings. The summed E-state index contributed by atoms with van der Waals surface area (Å²) in [5.41, 5.74) is -1.78. The molecule has 1 heterocycles. The van der Waals surface area contributed by atoms with Crippen molar-refractivity contribution in [2.45, 2.75) is 25.4 Å². The average Bonchev–Trinajstić information content (AvgIpc) is 2.85. The Hall–Kier alpha value is -0.950. The molecule has 18 heavy (non-hydrogen) atoms. The highest BCUT2D eigenvalue weighted by atomic mass is 32.1. The summed E-state index contributed by atoms with van der Waals surface area (Å²) in [7, 11) is 0. The van der Waals surface area contributed by atoms with Crippen LogP contribution in [0.25, 0.3) is 0 Å². The van der Waals surface area contributed by atoms with Gasteiger partial charge in [-0.3, -0.25) is 0 Å². The van der Waals surface area contributed by atoms with Gasteiger partial charge in [-0.15, -0.1) is 11.3 Å². The first kappa shape index (κ1) is 15.1. The topological polar surface area (TPSA) is 87.0 Å². The molecule has 0 saturated carbocycles. The number of aliphatic hydroxyl groups excluding tert-OH is 2. The normalized spacial score (nSPS) is 11.6. The van der Waals surface area contributed by atoms with Crippen LogP contribution in [0.15, 0.2) is 12.1 Å². The van der Waals surface area contributed by atoms with Crippen LogP contribution < -0.4 is 0 Å². The first-order valence-corrected chi connectivity index (χ1v) is 6.56. The molecule has 0 bridgehead atoms. The molecule has 1 rings (SSSR count). The molecule has 0 aliphatic heterocycles. The van der Waals surface area contributed by atoms with E-state index < -0.39 is 31.4 Å². The molecule has 3 N–H and O–H groups in total. The van der Waals surface area contributed by atoms with Gasteiger partial charge in [0.1, 0.15) is 17.1 Å². The van der Waals surface area contributed by atoms with Crippen molar-refractivity contribution in [3.63, 3.8) is 0 Å². The lowest BCUT2D eigenvalue weighted by molar-refractivity contribution is -0.0916. The first-order valence-electron chi connectivity index (χ1n) is 5.74. The molecular formula is C12H18O5S. The third-order valence-electron chi connectivity index (χ3n) is 2.42. The van der Waals surface area contributed by atoms with Gasteiger partial charge >= 0.3 is 5.97 Å². The Morgan fingerprint density at radius 2 is 2.06 bits per heavy atom. The molecule has 0 unspecified atom stereocenters. The third-order valence-corrected chi connectivity index (χ3v) is 3.54. The summed E-state index contributed by atoms with van der Waals surface area (Å²) in [6, 6.07) is 3.55. The second-order valence-corrected chi connectivity index (χ2v) is 5.30. The van der Waals surface area contributed by atoms with E-state index in [0.29, 0.717) is 4.88 Å². The zero-order valence-corrected chi connectivity index (χ0v) is 11.1. The number of aliphatic hydroxyl groups is 3. The summed E-state index contributed by atoms with van der Waals surface area (Å²) in [4.78, 5) is 13.2. The Balaban J connectivity index is 2.54. The monoisotopic (exact) mass is 274 g/mol. The SMILES string of the molecule is CCCc1ccc(C(=O)OCC(O)(CO)CO)s1. The van der Waals surface area contributed by atoms with Crippen LogP contribution in [0, 0.1) is 0 Å². The Labute approximate surface area is 110 Å². The van der Waals surface area contributed by atoms with Gasteiger partial charge in [0.05, 0.1) is 13.2 Å². The van der Waals surface area contributed by atoms with Gasteiger partial charge in [0.15, 0.2) is 0 Å². The number of rotatable bonds is 7. The number of aryl methyl sites for hydroxylation is 1. The van der Waals surface area contributed by atoms with Gasteiger partial charge in [-0.2, -0.15) is 0 Å². The lowest BCUT2D eigenvalue weighted by Crippen LogP contribution is -2.43. The standard InChI is InChI=1S/C12H18O5S/c1-2-3-9-4-5-10(18-9)11(15)17-8-12(16,6-13)7-14/h4-5,13-14,16H,2-3,6-8H2,1H3. The molecule has 0 aromatic carbocycles. The molecule has 5 nitrogen and oxygen atoms in total. The zero-order chi connectivity index (χ0) is 13.6. The minimum absolute atomic E-state index is 0.431. The van der Waals surface area contributed by atoms with Crippen LogP contribution in [0.3, 0.4) is 0 Å². The minimum atomic E-state index is -1.78. The number of carbonyl (C=O) groups is 1. The Morgan fingerprint density at radius 1 is 1.39 bits per heavy atom. The number of ether oxygens (including phenoxy) is 1. The average molecular weight is 274 g/mol. The van der Waals surface area contributed by atoms with E-state index in [9.17, 15) is 9.90 Å². The Morgan fingerprint density at radius 3 is 2.61 bits per heavy atom. The molecule has 102 valence electrons. The van der Waals surface area contributed by atoms with Crippen molar-refractivity contribution in [2.75, 3.05) is 19.8 Å². The highest BCUT2D eigenvalue weighted by Gasteiger charge is 2.27. The second kappa shape index (κ2) is 6.84. The van der Waals surface area contributed by atoms with E-state index >= 15 is 0 Å². The number of esters is 1. The van der Waals surface area contributed by atoms with Crippen LogP contribution in [0.5, 0.6) is 0 Å². The van der Waals surface area contributed by atoms with E-state index in [2.05, 4.69) is 6.92 Å². The van der Waals surface area contributed by atoms with Gasteiger partial charge in [0, 0.05) is 4.88 Å². The predicted molar refractivity (Wildman–Crippen MR) is 67.7 cm³/mol. The number of hydrogen-bond acceptors (Lipinski definition) is 6. The maximum atomic E-state index is 11.7. The smallest absolute Gasteiger partial charge is 0.348 e. The highest BCUT2D eigenvalue weighted by Crippen LogP contribution is 2.19. The molecule has 0 aliphatic rings. The van der Waals surface area contributed by atoms with Crippen molar-refractivity contribution in [1.82, 2.24) is 0 Å². The molecule has 6 heteroatoms. The zero-order valence-electron chi connectivity index (χ0n) is 10.3. The maximum Gasteiger partial charge on any atom is 0.348 e. The van der Waals surface area contributed by atoms with E-state index in [0.717, 1.165) is 17.7 Å². The molecule has 0 spiro atoms. The lowest BCUT2D eigenvalue weighted by Gasteiger charge is -2.22. The molecule has 0 atom stereocenters. The summed E-state index contributed by atoms with van der Waals surface area (Å²) in [5, 5.41) is 27.2. The van der Waals surface area contributed by atoms with Crippen LogP contribution in [-0.4, -0.2) is 46.7 Å². The second-order valence-electron chi connectivity index (χ2n) is 4.13. The fraction of sp³-hybridized carbons (Fsp3) is 0.583. The molecular weight excluding hydrogens is 256 g/mol. The van der Waals surface area contributed by atoms with Gasteiger partial charge in [-0.25, -0.2) is 4.79 Å². The Kier molecular flexibility index (Phi) is 5.74. The van der Waals surface area contributed by atoms with Crippen LogP contribution in [0.2, 0.25) is 0 Å². The molecule has 0 aliphatic carbocycles. The molecule has 0 amide bonds. The van der Waals surface area contributed by atoms with Gasteiger partial charge in [-0.05, 0) is 18.6 Å². The highest BCUT2D eigenvalue weighted by molar-refractivity contribution is 7.13. The van der Waals surface area contributed by atoms with E-state index in [1.807, 2.05) is 6.07 Å². The summed E-state index contributed by atoms with van der Waals surface area (Å²) < 4.78 is 4.87. The number of carbonyl (C=O) groups excluding carboxylic acids is 1. The maximum absolute atomic E-state index is 11.7. The molecule has 1 aromatic heterocycles. The predicted octanol–water partition coefficient (Wildman–Crippen LogP) is 0.573. The van der Waals surface area contributed by atoms with E-state index in [1.54, 1.807) is 6.07 Å². The van der Waals surface area contributed by atoms with E-state index in [1.165, 1.54) is 11.3 Å². The van der Waals surface area contributed by atoms with Gasteiger partial charge in [-0.1, -0.05) is 13.3 Å². The van der Waals surface area contributed by atoms with Crippen LogP contribution in [-0.2, 0) is 11.2 Å². The fourth-order valence-electron chi connectivity index (χ4n) is 1.28. The van der Waals surface area contributed by atoms with Crippen molar-refractivity contribution in [1.29, 1.82) is 0 Å². The van der Waals surface area contributed by atoms with Gasteiger partial charge in [0.2, 0.25) is 0 Å². The van der Waals surface area contributed by atoms with Crippen molar-refractivity contribution in [3.05, 3.63) is 21.9 Å². The Bertz CT molecular complexity index is 384.